The average Bonchev–Trinajstić information content (AvgIpc) is 3.95. The minimum absolute atomic E-state index is 0.662. The van der Waals surface area contributed by atoms with Crippen LogP contribution in [0.3, 0.4) is 0 Å². The fourth-order valence-electron chi connectivity index (χ4n) is 9.18. The standard InChI is InChI=1S/C48H26N4O/c1-2-13-29-25-30(22-21-27(29)11-1)47-49-43-35-17-7-10-20-40(35)53-46(43)48(50-47)51-37-18-8-5-15-33(37)41-39(51)26-36-32-24-23-28-12-3-4-14-31(28)44(32)52-38-19-9-6-16-34(38)42(41)45(36)52/h1-26H. The molecule has 53 heavy (non-hydrogen) atoms. The van der Waals surface area contributed by atoms with Crippen LogP contribution in [0.1, 0.15) is 0 Å². The Hall–Kier alpha value is -7.24. The van der Waals surface area contributed by atoms with Crippen molar-refractivity contribution >= 4 is 104 Å². The smallest absolute Gasteiger partial charge is 0.197 e. The van der Waals surface area contributed by atoms with Gasteiger partial charge in [0, 0.05) is 48.7 Å². The molecule has 5 heteroatoms. The van der Waals surface area contributed by atoms with Gasteiger partial charge >= 0.3 is 0 Å². The summed E-state index contributed by atoms with van der Waals surface area (Å²) >= 11 is 0. The SMILES string of the molecule is c1ccc2cc(-c3nc(-n4c5ccccc5c5c6c7ccccc7n7c8c9ccccc9ccc8c(cc54)c67)c4oc5ccccc5c4n3)ccc2c1. The van der Waals surface area contributed by atoms with Gasteiger partial charge in [0.1, 0.15) is 11.1 Å². The summed E-state index contributed by atoms with van der Waals surface area (Å²) in [6.07, 6.45) is 0. The van der Waals surface area contributed by atoms with Crippen molar-refractivity contribution in [2.75, 3.05) is 0 Å². The molecule has 5 aromatic heterocycles. The number of aromatic nitrogens is 4. The molecule has 0 radical (unpaired) electrons. The molecule has 0 spiro atoms. The van der Waals surface area contributed by atoms with Crippen LogP contribution in [0.4, 0.5) is 0 Å². The largest absolute Gasteiger partial charge is 0.450 e. The van der Waals surface area contributed by atoms with Crippen molar-refractivity contribution in [1.29, 1.82) is 0 Å². The zero-order chi connectivity index (χ0) is 34.4. The molecule has 0 atom stereocenters. The third-order valence-electron chi connectivity index (χ3n) is 11.4. The molecule has 0 fully saturated rings. The Morgan fingerprint density at radius 1 is 0.434 bits per heavy atom. The summed E-state index contributed by atoms with van der Waals surface area (Å²) < 4.78 is 11.6. The molecule has 0 saturated heterocycles. The van der Waals surface area contributed by atoms with Crippen molar-refractivity contribution in [3.05, 3.63) is 158 Å². The Balaban J connectivity index is 1.25. The van der Waals surface area contributed by atoms with Crippen LogP contribution in [-0.2, 0) is 0 Å². The van der Waals surface area contributed by atoms with Gasteiger partial charge in [-0.1, -0.05) is 121 Å². The average molecular weight is 675 g/mol. The molecule has 0 bridgehead atoms. The molecule has 0 aliphatic heterocycles. The molecule has 5 heterocycles. The number of furan rings is 1. The van der Waals surface area contributed by atoms with E-state index in [1.807, 2.05) is 18.2 Å². The quantitative estimate of drug-likeness (QED) is 0.183. The van der Waals surface area contributed by atoms with E-state index in [1.54, 1.807) is 0 Å². The first-order valence-electron chi connectivity index (χ1n) is 18.0. The van der Waals surface area contributed by atoms with E-state index in [0.717, 1.165) is 44.3 Å². The molecule has 5 nitrogen and oxygen atoms in total. The predicted octanol–water partition coefficient (Wildman–Crippen LogP) is 12.6. The number of hydrogen-bond acceptors (Lipinski definition) is 3. The highest BCUT2D eigenvalue weighted by molar-refractivity contribution is 6.37. The monoisotopic (exact) mass is 674 g/mol. The molecule has 13 aromatic rings. The molecule has 8 aromatic carbocycles. The van der Waals surface area contributed by atoms with Gasteiger partial charge in [-0.2, -0.15) is 0 Å². The fourth-order valence-corrected chi connectivity index (χ4v) is 9.18. The van der Waals surface area contributed by atoms with Crippen LogP contribution in [0.2, 0.25) is 0 Å². The van der Waals surface area contributed by atoms with Crippen LogP contribution >= 0.6 is 0 Å². The van der Waals surface area contributed by atoms with E-state index >= 15 is 0 Å². The highest BCUT2D eigenvalue weighted by Gasteiger charge is 2.27. The number of fused-ring (bicyclic) bond motifs is 16. The third kappa shape index (κ3) is 3.46. The Morgan fingerprint density at radius 2 is 1.11 bits per heavy atom. The molecule has 244 valence electrons. The van der Waals surface area contributed by atoms with Gasteiger partial charge in [-0.25, -0.2) is 9.97 Å². The first-order chi connectivity index (χ1) is 26.3. The topological polar surface area (TPSA) is 48.3 Å². The van der Waals surface area contributed by atoms with Gasteiger partial charge in [0.25, 0.3) is 0 Å². The maximum atomic E-state index is 6.73. The Morgan fingerprint density at radius 3 is 1.98 bits per heavy atom. The maximum absolute atomic E-state index is 6.73. The van der Waals surface area contributed by atoms with Crippen molar-refractivity contribution in [2.24, 2.45) is 0 Å². The number of nitrogens with zero attached hydrogens (tertiary/aromatic N) is 4. The molecule has 0 aliphatic carbocycles. The number of benzene rings is 8. The molecule has 0 aliphatic rings. The summed E-state index contributed by atoms with van der Waals surface area (Å²) in [7, 11) is 0. The minimum atomic E-state index is 0.662. The predicted molar refractivity (Wildman–Crippen MR) is 219 cm³/mol. The maximum Gasteiger partial charge on any atom is 0.197 e. The summed E-state index contributed by atoms with van der Waals surface area (Å²) in [4.78, 5) is 10.7. The van der Waals surface area contributed by atoms with Crippen molar-refractivity contribution in [3.8, 4) is 17.2 Å². The van der Waals surface area contributed by atoms with E-state index in [2.05, 4.69) is 148 Å². The Labute approximate surface area is 300 Å². The van der Waals surface area contributed by atoms with Gasteiger partial charge < -0.3 is 8.82 Å². The van der Waals surface area contributed by atoms with Gasteiger partial charge in [0.15, 0.2) is 17.2 Å². The lowest BCUT2D eigenvalue weighted by atomic mass is 10.0. The molecule has 0 unspecified atom stereocenters. The highest BCUT2D eigenvalue weighted by Crippen LogP contribution is 2.48. The molecule has 0 saturated carbocycles. The van der Waals surface area contributed by atoms with Crippen LogP contribution in [0.25, 0.3) is 121 Å². The number of hydrogen-bond donors (Lipinski definition) is 0. The van der Waals surface area contributed by atoms with E-state index in [-0.39, 0.29) is 0 Å². The second kappa shape index (κ2) is 9.75. The van der Waals surface area contributed by atoms with Crippen molar-refractivity contribution in [3.63, 3.8) is 0 Å². The van der Waals surface area contributed by atoms with Crippen LogP contribution in [0.15, 0.2) is 162 Å². The Kier molecular flexibility index (Phi) is 5.06. The van der Waals surface area contributed by atoms with Crippen LogP contribution in [0.5, 0.6) is 0 Å². The van der Waals surface area contributed by atoms with Crippen LogP contribution in [-0.4, -0.2) is 18.9 Å². The minimum Gasteiger partial charge on any atom is -0.450 e. The van der Waals surface area contributed by atoms with Gasteiger partial charge in [-0.15, -0.1) is 0 Å². The van der Waals surface area contributed by atoms with Gasteiger partial charge in [0.05, 0.1) is 27.6 Å². The van der Waals surface area contributed by atoms with E-state index in [4.69, 9.17) is 14.4 Å². The fraction of sp³-hybridized carbons (Fsp3) is 0. The summed E-state index contributed by atoms with van der Waals surface area (Å²) in [5.74, 6) is 1.39. The second-order valence-electron chi connectivity index (χ2n) is 14.1. The third-order valence-corrected chi connectivity index (χ3v) is 11.4. The first-order valence-corrected chi connectivity index (χ1v) is 18.0. The van der Waals surface area contributed by atoms with E-state index < -0.39 is 0 Å². The van der Waals surface area contributed by atoms with E-state index in [1.165, 1.54) is 65.0 Å². The number of para-hydroxylation sites is 3. The normalized spacial score (nSPS) is 12.5. The lowest BCUT2D eigenvalue weighted by molar-refractivity contribution is 0.662. The van der Waals surface area contributed by atoms with Gasteiger partial charge in [-0.05, 0) is 52.6 Å². The summed E-state index contributed by atoms with van der Waals surface area (Å²) in [5, 5.41) is 13.1. The van der Waals surface area contributed by atoms with Crippen molar-refractivity contribution < 1.29 is 4.42 Å². The van der Waals surface area contributed by atoms with Crippen LogP contribution < -0.4 is 0 Å². The summed E-state index contributed by atoms with van der Waals surface area (Å²) in [5.41, 5.74) is 9.09. The summed E-state index contributed by atoms with van der Waals surface area (Å²) in [6.45, 7) is 0. The molecular weight excluding hydrogens is 649 g/mol. The second-order valence-corrected chi connectivity index (χ2v) is 14.1. The highest BCUT2D eigenvalue weighted by atomic mass is 16.3. The van der Waals surface area contributed by atoms with E-state index in [9.17, 15) is 0 Å². The molecule has 0 N–H and O–H groups in total. The number of rotatable bonds is 2. The lowest BCUT2D eigenvalue weighted by Crippen LogP contribution is -2.02. The van der Waals surface area contributed by atoms with Gasteiger partial charge in [0.2, 0.25) is 0 Å². The van der Waals surface area contributed by atoms with Gasteiger partial charge in [-0.3, -0.25) is 4.57 Å². The lowest BCUT2D eigenvalue weighted by Gasteiger charge is -2.11. The van der Waals surface area contributed by atoms with Crippen LogP contribution in [0, 0.1) is 0 Å². The first kappa shape index (κ1) is 27.5. The molecular formula is C48H26N4O. The molecule has 0 amide bonds. The van der Waals surface area contributed by atoms with Crippen molar-refractivity contribution in [1.82, 2.24) is 18.9 Å². The Bertz CT molecular complexity index is 3700. The summed E-state index contributed by atoms with van der Waals surface area (Å²) in [6, 6.07) is 56.3. The van der Waals surface area contributed by atoms with E-state index in [0.29, 0.717) is 11.4 Å². The molecule has 13 rings (SSSR count). The zero-order valence-electron chi connectivity index (χ0n) is 28.2. The van der Waals surface area contributed by atoms with Crippen molar-refractivity contribution in [2.45, 2.75) is 0 Å². The zero-order valence-corrected chi connectivity index (χ0v) is 28.2.